The van der Waals surface area contributed by atoms with E-state index in [9.17, 15) is 9.59 Å². The summed E-state index contributed by atoms with van der Waals surface area (Å²) in [4.78, 5) is 34.3. The lowest BCUT2D eigenvalue weighted by molar-refractivity contribution is 0.0607. The van der Waals surface area contributed by atoms with Crippen molar-refractivity contribution >= 4 is 62.7 Å². The van der Waals surface area contributed by atoms with Gasteiger partial charge in [-0.2, -0.15) is 0 Å². The highest BCUT2D eigenvalue weighted by atomic mass is 35.5. The number of ether oxygens (including phenoxy) is 2. The number of rotatable bonds is 4. The molecule has 0 bridgehead atoms. The van der Waals surface area contributed by atoms with Crippen LogP contribution in [0.15, 0.2) is 58.3 Å². The average Bonchev–Trinajstić information content (AvgIpc) is 3.23. The second-order valence-corrected chi connectivity index (χ2v) is 8.82. The zero-order valence-electron chi connectivity index (χ0n) is 18.8. The van der Waals surface area contributed by atoms with Crippen LogP contribution < -0.4 is 5.56 Å². The molecule has 0 saturated carbocycles. The Balaban J connectivity index is 0.00000274. The highest BCUT2D eigenvalue weighted by Gasteiger charge is 2.25. The first-order valence-electron chi connectivity index (χ1n) is 10.7. The van der Waals surface area contributed by atoms with Gasteiger partial charge in [0.25, 0.3) is 5.56 Å². The third-order valence-corrected chi connectivity index (χ3v) is 6.96. The molecule has 1 aliphatic heterocycles. The summed E-state index contributed by atoms with van der Waals surface area (Å²) in [5.41, 5.74) is 2.13. The van der Waals surface area contributed by atoms with Gasteiger partial charge in [-0.3, -0.25) is 9.36 Å². The first-order chi connectivity index (χ1) is 16.1. The fourth-order valence-corrected chi connectivity index (χ4v) is 5.32. The van der Waals surface area contributed by atoms with E-state index in [1.54, 1.807) is 10.9 Å². The molecule has 0 atom stereocenters. The standard InChI is InChI=1S/C25H23N3O4S.ClH/c1-16-7-3-6-10-19(16)28-23(29)18-9-5-4-8-17(18)20-21(22(25(30)31-2)33-24(20)28)26-15-27-11-13-32-14-12-27;/h3-10,15H,11-14H2,1-2H3;1H. The Hall–Kier alpha value is -3.20. The summed E-state index contributed by atoms with van der Waals surface area (Å²) in [6, 6.07) is 15.2. The highest BCUT2D eigenvalue weighted by Crippen LogP contribution is 2.42. The molecule has 3 heterocycles. The van der Waals surface area contributed by atoms with Gasteiger partial charge in [-0.25, -0.2) is 9.79 Å². The molecule has 2 aromatic heterocycles. The Labute approximate surface area is 206 Å². The van der Waals surface area contributed by atoms with E-state index in [-0.39, 0.29) is 18.0 Å². The first-order valence-corrected chi connectivity index (χ1v) is 11.5. The molecule has 0 spiro atoms. The van der Waals surface area contributed by atoms with Gasteiger partial charge in [0.05, 0.1) is 32.3 Å². The topological polar surface area (TPSA) is 73.1 Å². The molecule has 176 valence electrons. The number of aromatic nitrogens is 1. The zero-order valence-corrected chi connectivity index (χ0v) is 20.4. The second kappa shape index (κ2) is 9.97. The van der Waals surface area contributed by atoms with Crippen LogP contribution in [0.2, 0.25) is 0 Å². The molecule has 5 rings (SSSR count). The quantitative estimate of drug-likeness (QED) is 0.232. The minimum atomic E-state index is -0.474. The number of methoxy groups -OCH3 is 1. The molecule has 0 amide bonds. The summed E-state index contributed by atoms with van der Waals surface area (Å²) in [5, 5.41) is 2.11. The number of carbonyl (C=O) groups is 1. The van der Waals surface area contributed by atoms with Crippen molar-refractivity contribution < 1.29 is 14.3 Å². The minimum absolute atomic E-state index is 0. The van der Waals surface area contributed by atoms with E-state index in [0.29, 0.717) is 34.0 Å². The lowest BCUT2D eigenvalue weighted by atomic mass is 10.1. The molecule has 7 nitrogen and oxygen atoms in total. The molecule has 2 aromatic carbocycles. The third kappa shape index (κ3) is 4.09. The molecule has 0 aliphatic carbocycles. The van der Waals surface area contributed by atoms with Crippen molar-refractivity contribution in [1.82, 2.24) is 9.47 Å². The number of esters is 1. The molecule has 34 heavy (non-hydrogen) atoms. The van der Waals surface area contributed by atoms with Crippen LogP contribution in [-0.4, -0.2) is 55.2 Å². The number of aliphatic imine (C=N–C) groups is 1. The minimum Gasteiger partial charge on any atom is -0.465 e. The molecular formula is C25H24ClN3O4S. The van der Waals surface area contributed by atoms with Crippen LogP contribution in [0.3, 0.4) is 0 Å². The van der Waals surface area contributed by atoms with Crippen molar-refractivity contribution in [1.29, 1.82) is 0 Å². The molecule has 0 unspecified atom stereocenters. The Bertz CT molecular complexity index is 1450. The molecule has 1 saturated heterocycles. The fraction of sp³-hybridized carbons (Fsp3) is 0.240. The summed E-state index contributed by atoms with van der Waals surface area (Å²) >= 11 is 1.23. The van der Waals surface area contributed by atoms with Crippen molar-refractivity contribution in [2.75, 3.05) is 33.4 Å². The van der Waals surface area contributed by atoms with E-state index in [0.717, 1.165) is 35.1 Å². The van der Waals surface area contributed by atoms with Crippen molar-refractivity contribution in [3.05, 3.63) is 69.3 Å². The summed E-state index contributed by atoms with van der Waals surface area (Å²) in [5.74, 6) is -0.474. The maximum absolute atomic E-state index is 13.7. The summed E-state index contributed by atoms with van der Waals surface area (Å²) in [7, 11) is 1.36. The van der Waals surface area contributed by atoms with Crippen LogP contribution in [0.5, 0.6) is 0 Å². The highest BCUT2D eigenvalue weighted by molar-refractivity contribution is 7.21. The molecule has 0 N–H and O–H groups in total. The normalized spacial score (nSPS) is 14.0. The second-order valence-electron chi connectivity index (χ2n) is 7.82. The van der Waals surface area contributed by atoms with Crippen LogP contribution in [0, 0.1) is 6.92 Å². The van der Waals surface area contributed by atoms with E-state index in [2.05, 4.69) is 4.90 Å². The number of nitrogens with zero attached hydrogens (tertiary/aromatic N) is 3. The van der Waals surface area contributed by atoms with Crippen LogP contribution >= 0.6 is 23.7 Å². The number of aryl methyl sites for hydroxylation is 1. The number of hydrogen-bond donors (Lipinski definition) is 0. The molecule has 1 fully saturated rings. The predicted molar refractivity (Wildman–Crippen MR) is 139 cm³/mol. The summed E-state index contributed by atoms with van der Waals surface area (Å²) in [6.07, 6.45) is 1.76. The number of thiophene rings is 1. The molecule has 0 radical (unpaired) electrons. The lowest BCUT2D eigenvalue weighted by Gasteiger charge is -2.24. The van der Waals surface area contributed by atoms with Gasteiger partial charge in [0, 0.05) is 23.9 Å². The SMILES string of the molecule is COC(=O)c1sc2c(c1N=CN1CCOCC1)c1ccccc1c(=O)n2-c1ccccc1C.Cl. The van der Waals surface area contributed by atoms with Gasteiger partial charge in [0.2, 0.25) is 0 Å². The number of halogens is 1. The smallest absolute Gasteiger partial charge is 0.350 e. The van der Waals surface area contributed by atoms with Gasteiger partial charge in [-0.05, 0) is 30.0 Å². The van der Waals surface area contributed by atoms with E-state index in [1.807, 2.05) is 55.5 Å². The number of carbonyl (C=O) groups excluding carboxylic acids is 1. The van der Waals surface area contributed by atoms with Crippen molar-refractivity contribution in [2.24, 2.45) is 4.99 Å². The van der Waals surface area contributed by atoms with Gasteiger partial charge >= 0.3 is 5.97 Å². The number of para-hydroxylation sites is 1. The zero-order chi connectivity index (χ0) is 22.9. The Kier molecular flexibility index (Phi) is 7.02. The van der Waals surface area contributed by atoms with Crippen LogP contribution in [-0.2, 0) is 9.47 Å². The molecule has 9 heteroatoms. The first kappa shape index (κ1) is 23.9. The van der Waals surface area contributed by atoms with Crippen LogP contribution in [0.25, 0.3) is 26.7 Å². The van der Waals surface area contributed by atoms with Gasteiger partial charge in [0.1, 0.15) is 15.4 Å². The van der Waals surface area contributed by atoms with Gasteiger partial charge in [-0.15, -0.1) is 23.7 Å². The van der Waals surface area contributed by atoms with E-state index < -0.39 is 5.97 Å². The van der Waals surface area contributed by atoms with Crippen LogP contribution in [0.1, 0.15) is 15.2 Å². The number of hydrogen-bond acceptors (Lipinski definition) is 6. The Morgan fingerprint density at radius 2 is 1.76 bits per heavy atom. The van der Waals surface area contributed by atoms with Crippen LogP contribution in [0.4, 0.5) is 5.69 Å². The predicted octanol–water partition coefficient (Wildman–Crippen LogP) is 4.71. The van der Waals surface area contributed by atoms with Crippen molar-refractivity contribution in [3.8, 4) is 5.69 Å². The largest absolute Gasteiger partial charge is 0.465 e. The fourth-order valence-electron chi connectivity index (χ4n) is 4.13. The summed E-state index contributed by atoms with van der Waals surface area (Å²) in [6.45, 7) is 4.70. The van der Waals surface area contributed by atoms with E-state index in [4.69, 9.17) is 14.5 Å². The molecule has 4 aromatic rings. The maximum Gasteiger partial charge on any atom is 0.350 e. The van der Waals surface area contributed by atoms with E-state index >= 15 is 0 Å². The van der Waals surface area contributed by atoms with Gasteiger partial charge in [-0.1, -0.05) is 36.4 Å². The van der Waals surface area contributed by atoms with E-state index in [1.165, 1.54) is 18.4 Å². The number of fused-ring (bicyclic) bond motifs is 3. The van der Waals surface area contributed by atoms with Crippen molar-refractivity contribution in [2.45, 2.75) is 6.92 Å². The average molecular weight is 498 g/mol. The Morgan fingerprint density at radius 3 is 2.47 bits per heavy atom. The number of benzene rings is 2. The molecular weight excluding hydrogens is 474 g/mol. The number of morpholine rings is 1. The third-order valence-electron chi connectivity index (χ3n) is 5.82. The van der Waals surface area contributed by atoms with Gasteiger partial charge in [0.15, 0.2) is 0 Å². The Morgan fingerprint density at radius 1 is 1.09 bits per heavy atom. The monoisotopic (exact) mass is 497 g/mol. The molecule has 1 aliphatic rings. The maximum atomic E-state index is 13.7. The lowest BCUT2D eigenvalue weighted by Crippen LogP contribution is -2.35. The van der Waals surface area contributed by atoms with Gasteiger partial charge < -0.3 is 14.4 Å². The number of pyridine rings is 1. The summed E-state index contributed by atoms with van der Waals surface area (Å²) < 4.78 is 12.2. The van der Waals surface area contributed by atoms with Crippen molar-refractivity contribution in [3.63, 3.8) is 0 Å².